The zero-order chi connectivity index (χ0) is 14.6. The maximum Gasteiger partial charge on any atom is 0.352 e. The maximum atomic E-state index is 12.2. The molecule has 1 aromatic heterocycles. The van der Waals surface area contributed by atoms with Gasteiger partial charge in [-0.1, -0.05) is 0 Å². The predicted octanol–water partition coefficient (Wildman–Crippen LogP) is 0.0461. The molecule has 0 aliphatic rings. The minimum atomic E-state index is -3.65. The number of sulfonamides is 1. The molecule has 0 atom stereocenters. The quantitative estimate of drug-likeness (QED) is 0.740. The highest BCUT2D eigenvalue weighted by molar-refractivity contribution is 7.89. The van der Waals surface area contributed by atoms with Gasteiger partial charge in [-0.15, -0.1) is 0 Å². The fourth-order valence-corrected chi connectivity index (χ4v) is 2.85. The molecule has 2 N–H and O–H groups in total. The molecule has 0 saturated heterocycles. The molecule has 0 radical (unpaired) electrons. The van der Waals surface area contributed by atoms with Gasteiger partial charge in [0, 0.05) is 32.9 Å². The lowest BCUT2D eigenvalue weighted by Crippen LogP contribution is -2.32. The molecule has 7 nitrogen and oxygen atoms in total. The summed E-state index contributed by atoms with van der Waals surface area (Å²) < 4.78 is 27.1. The molecule has 1 rings (SSSR count). The molecule has 108 valence electrons. The maximum absolute atomic E-state index is 12.2. The van der Waals surface area contributed by atoms with Crippen molar-refractivity contribution in [2.75, 3.05) is 27.2 Å². The lowest BCUT2D eigenvalue weighted by molar-refractivity contribution is 0.0685. The molecule has 0 aliphatic heterocycles. The van der Waals surface area contributed by atoms with Crippen molar-refractivity contribution in [2.45, 2.75) is 18.4 Å². The fourth-order valence-electron chi connectivity index (χ4n) is 1.63. The number of hydrogen-bond acceptors (Lipinski definition) is 4. The van der Waals surface area contributed by atoms with Crippen LogP contribution in [-0.2, 0) is 16.6 Å². The Kier molecular flexibility index (Phi) is 5.10. The van der Waals surface area contributed by atoms with Crippen LogP contribution in [0.2, 0.25) is 0 Å². The summed E-state index contributed by atoms with van der Waals surface area (Å²) in [5.41, 5.74) is -0.0249. The molecule has 0 bridgehead atoms. The molecule has 0 aliphatic carbocycles. The van der Waals surface area contributed by atoms with Gasteiger partial charge in [-0.05, 0) is 20.0 Å². The van der Waals surface area contributed by atoms with Crippen LogP contribution in [0.15, 0.2) is 17.2 Å². The molecule has 0 saturated carbocycles. The number of aryl methyl sites for hydroxylation is 1. The van der Waals surface area contributed by atoms with Gasteiger partial charge >= 0.3 is 5.97 Å². The first kappa shape index (κ1) is 15.7. The summed E-state index contributed by atoms with van der Waals surface area (Å²) in [6.07, 6.45) is 1.36. The monoisotopic (exact) mass is 289 g/mol. The van der Waals surface area contributed by atoms with Crippen LogP contribution in [0.3, 0.4) is 0 Å². The Morgan fingerprint density at radius 1 is 1.53 bits per heavy atom. The molecule has 0 unspecified atom stereocenters. The second kappa shape index (κ2) is 6.18. The normalized spacial score (nSPS) is 12.0. The van der Waals surface area contributed by atoms with E-state index < -0.39 is 16.0 Å². The molecule has 0 spiro atoms. The van der Waals surface area contributed by atoms with Crippen LogP contribution in [-0.4, -0.2) is 55.6 Å². The third-order valence-electron chi connectivity index (χ3n) is 2.82. The van der Waals surface area contributed by atoms with Crippen LogP contribution in [0.5, 0.6) is 0 Å². The number of aromatic nitrogens is 1. The van der Waals surface area contributed by atoms with E-state index in [1.807, 2.05) is 0 Å². The van der Waals surface area contributed by atoms with E-state index in [0.29, 0.717) is 19.6 Å². The van der Waals surface area contributed by atoms with Crippen molar-refractivity contribution < 1.29 is 18.3 Å². The summed E-state index contributed by atoms with van der Waals surface area (Å²) >= 11 is 0. The average Bonchev–Trinajstić information content (AvgIpc) is 2.80. The van der Waals surface area contributed by atoms with E-state index in [1.54, 1.807) is 14.0 Å². The Morgan fingerprint density at radius 3 is 2.58 bits per heavy atom. The highest BCUT2D eigenvalue weighted by atomic mass is 32.2. The second-order valence-corrected chi connectivity index (χ2v) is 6.13. The first-order chi connectivity index (χ1) is 8.84. The van der Waals surface area contributed by atoms with Crippen molar-refractivity contribution in [3.63, 3.8) is 0 Å². The van der Waals surface area contributed by atoms with Gasteiger partial charge in [0.25, 0.3) is 0 Å². The Labute approximate surface area is 112 Å². The van der Waals surface area contributed by atoms with Gasteiger partial charge < -0.3 is 15.0 Å². The van der Waals surface area contributed by atoms with E-state index in [-0.39, 0.29) is 10.6 Å². The van der Waals surface area contributed by atoms with Gasteiger partial charge in [0.05, 0.1) is 0 Å². The number of carbonyl (C=O) groups is 1. The van der Waals surface area contributed by atoms with Crippen LogP contribution in [0.25, 0.3) is 0 Å². The summed E-state index contributed by atoms with van der Waals surface area (Å²) in [6, 6.07) is 1.19. The van der Waals surface area contributed by atoms with Crippen molar-refractivity contribution in [3.8, 4) is 0 Å². The number of aromatic carboxylic acids is 1. The third-order valence-corrected chi connectivity index (χ3v) is 4.64. The zero-order valence-corrected chi connectivity index (χ0v) is 12.1. The predicted molar refractivity (Wildman–Crippen MR) is 70.8 cm³/mol. The lowest BCUT2D eigenvalue weighted by atomic mass is 10.4. The molecule has 0 amide bonds. The van der Waals surface area contributed by atoms with Gasteiger partial charge in [0.2, 0.25) is 10.0 Å². The standard InChI is InChI=1S/C11H19N3O4S/c1-4-14-8-9(7-10(14)11(15)16)19(17,18)13(3)6-5-12-2/h7-8,12H,4-6H2,1-3H3,(H,15,16). The Morgan fingerprint density at radius 2 is 2.16 bits per heavy atom. The number of rotatable bonds is 7. The topological polar surface area (TPSA) is 91.6 Å². The number of nitrogens with one attached hydrogen (secondary N) is 1. The minimum absolute atomic E-state index is 0.00496. The highest BCUT2D eigenvalue weighted by Crippen LogP contribution is 2.18. The van der Waals surface area contributed by atoms with E-state index in [4.69, 9.17) is 5.11 Å². The molecular weight excluding hydrogens is 270 g/mol. The van der Waals surface area contributed by atoms with E-state index in [2.05, 4.69) is 5.32 Å². The summed E-state index contributed by atoms with van der Waals surface area (Å²) in [4.78, 5) is 11.0. The Bertz CT molecular complexity index is 550. The third kappa shape index (κ3) is 3.34. The van der Waals surface area contributed by atoms with E-state index in [0.717, 1.165) is 0 Å². The van der Waals surface area contributed by atoms with Crippen LogP contribution < -0.4 is 5.32 Å². The van der Waals surface area contributed by atoms with E-state index >= 15 is 0 Å². The molecule has 1 heterocycles. The largest absolute Gasteiger partial charge is 0.477 e. The summed E-state index contributed by atoms with van der Waals surface area (Å²) in [7, 11) is -0.446. The second-order valence-electron chi connectivity index (χ2n) is 4.08. The summed E-state index contributed by atoms with van der Waals surface area (Å²) in [6.45, 7) is 3.00. The number of carboxylic acid groups (broad SMARTS) is 1. The van der Waals surface area contributed by atoms with Gasteiger partial charge in [-0.2, -0.15) is 4.31 Å². The SMILES string of the molecule is CCn1cc(S(=O)(=O)N(C)CCNC)cc1C(=O)O. The fraction of sp³-hybridized carbons (Fsp3) is 0.545. The Hall–Kier alpha value is -1.38. The van der Waals surface area contributed by atoms with Crippen LogP contribution in [0, 0.1) is 0 Å². The van der Waals surface area contributed by atoms with Crippen molar-refractivity contribution in [1.82, 2.24) is 14.2 Å². The molecule has 8 heteroatoms. The van der Waals surface area contributed by atoms with Crippen LogP contribution >= 0.6 is 0 Å². The van der Waals surface area contributed by atoms with Gasteiger partial charge in [0.15, 0.2) is 0 Å². The van der Waals surface area contributed by atoms with Crippen molar-refractivity contribution in [3.05, 3.63) is 18.0 Å². The zero-order valence-electron chi connectivity index (χ0n) is 11.3. The van der Waals surface area contributed by atoms with Crippen molar-refractivity contribution in [2.24, 2.45) is 0 Å². The van der Waals surface area contributed by atoms with Crippen LogP contribution in [0.4, 0.5) is 0 Å². The highest BCUT2D eigenvalue weighted by Gasteiger charge is 2.24. The van der Waals surface area contributed by atoms with Gasteiger partial charge in [-0.3, -0.25) is 0 Å². The molecule has 0 fully saturated rings. The number of hydrogen-bond donors (Lipinski definition) is 2. The number of nitrogens with zero attached hydrogens (tertiary/aromatic N) is 2. The van der Waals surface area contributed by atoms with Crippen molar-refractivity contribution in [1.29, 1.82) is 0 Å². The van der Waals surface area contributed by atoms with Crippen molar-refractivity contribution >= 4 is 16.0 Å². The van der Waals surface area contributed by atoms with E-state index in [1.165, 1.54) is 28.2 Å². The smallest absolute Gasteiger partial charge is 0.352 e. The minimum Gasteiger partial charge on any atom is -0.477 e. The average molecular weight is 289 g/mol. The van der Waals surface area contributed by atoms with Gasteiger partial charge in [0.1, 0.15) is 10.6 Å². The number of likely N-dealkylation sites (N-methyl/N-ethyl adjacent to an activating group) is 2. The number of carboxylic acids is 1. The van der Waals surface area contributed by atoms with Gasteiger partial charge in [-0.25, -0.2) is 13.2 Å². The molecular formula is C11H19N3O4S. The first-order valence-corrected chi connectivity index (χ1v) is 7.33. The Balaban J connectivity index is 3.11. The molecule has 1 aromatic rings. The molecule has 19 heavy (non-hydrogen) atoms. The first-order valence-electron chi connectivity index (χ1n) is 5.89. The summed E-state index contributed by atoms with van der Waals surface area (Å²) in [5, 5.41) is 11.9. The lowest BCUT2D eigenvalue weighted by Gasteiger charge is -2.15. The molecule has 0 aromatic carbocycles. The summed E-state index contributed by atoms with van der Waals surface area (Å²) in [5.74, 6) is -1.14. The van der Waals surface area contributed by atoms with Crippen LogP contribution in [0.1, 0.15) is 17.4 Å². The van der Waals surface area contributed by atoms with E-state index in [9.17, 15) is 13.2 Å².